The lowest BCUT2D eigenvalue weighted by Gasteiger charge is -2.38. The lowest BCUT2D eigenvalue weighted by Crippen LogP contribution is -2.40. The fourth-order valence-corrected chi connectivity index (χ4v) is 5.41. The average Bonchev–Trinajstić information content (AvgIpc) is 2.97. The zero-order chi connectivity index (χ0) is 28.6. The van der Waals surface area contributed by atoms with E-state index in [9.17, 15) is 14.4 Å². The molecule has 41 heavy (non-hydrogen) atoms. The quantitative estimate of drug-likeness (QED) is 0.455. The second-order valence-electron chi connectivity index (χ2n) is 10.6. The van der Waals surface area contributed by atoms with Crippen LogP contribution in [0.5, 0.6) is 17.2 Å². The van der Waals surface area contributed by atoms with Crippen molar-refractivity contribution in [3.63, 3.8) is 0 Å². The van der Waals surface area contributed by atoms with Gasteiger partial charge in [0, 0.05) is 39.4 Å². The summed E-state index contributed by atoms with van der Waals surface area (Å²) in [7, 11) is 0. The van der Waals surface area contributed by atoms with E-state index in [1.54, 1.807) is 0 Å². The Kier molecular flexibility index (Phi) is 9.19. The Morgan fingerprint density at radius 3 is 2.63 bits per heavy atom. The van der Waals surface area contributed by atoms with Gasteiger partial charge >= 0.3 is 0 Å². The van der Waals surface area contributed by atoms with E-state index in [2.05, 4.69) is 22.8 Å². The molecule has 5 heterocycles. The van der Waals surface area contributed by atoms with Crippen LogP contribution >= 0.6 is 0 Å². The summed E-state index contributed by atoms with van der Waals surface area (Å²) in [6.07, 6.45) is 3.44. The molecular weight excluding hydrogens is 518 g/mol. The lowest BCUT2D eigenvalue weighted by atomic mass is 9.87. The number of nitrogens with zero attached hydrogens (tertiary/aromatic N) is 1. The molecule has 0 saturated heterocycles. The van der Waals surface area contributed by atoms with E-state index in [0.717, 1.165) is 45.9 Å². The van der Waals surface area contributed by atoms with Crippen molar-refractivity contribution in [1.29, 1.82) is 0 Å². The van der Waals surface area contributed by atoms with Gasteiger partial charge in [-0.3, -0.25) is 14.4 Å². The number of hydrogen-bond acceptors (Lipinski definition) is 5. The molecule has 3 amide bonds. The maximum Gasteiger partial charge on any atom is 0.223 e. The molecule has 214 valence electrons. The topological polar surface area (TPSA) is 97.0 Å². The van der Waals surface area contributed by atoms with Crippen LogP contribution in [-0.2, 0) is 27.2 Å². The van der Waals surface area contributed by atoms with Crippen molar-refractivity contribution >= 4 is 17.7 Å². The van der Waals surface area contributed by atoms with Gasteiger partial charge in [0.1, 0.15) is 17.2 Å². The Morgan fingerprint density at radius 1 is 0.976 bits per heavy atom. The van der Waals surface area contributed by atoms with E-state index in [1.165, 1.54) is 6.92 Å². The third-order valence-electron chi connectivity index (χ3n) is 7.49. The third kappa shape index (κ3) is 7.45. The van der Waals surface area contributed by atoms with Crippen LogP contribution in [0, 0.1) is 0 Å². The molecule has 0 radical (unpaired) electrons. The van der Waals surface area contributed by atoms with Crippen LogP contribution in [-0.4, -0.2) is 48.9 Å². The van der Waals surface area contributed by atoms with Gasteiger partial charge in [0.05, 0.1) is 12.6 Å². The summed E-state index contributed by atoms with van der Waals surface area (Å²) in [4.78, 5) is 39.0. The van der Waals surface area contributed by atoms with Gasteiger partial charge in [-0.1, -0.05) is 30.3 Å². The van der Waals surface area contributed by atoms with Gasteiger partial charge in [-0.15, -0.1) is 0 Å². The number of ether oxygens (including phenoxy) is 2. The second-order valence-corrected chi connectivity index (χ2v) is 10.6. The normalized spacial score (nSPS) is 17.0. The standard InChI is InChI=1S/C33H37N3O5/c1-23(37)34-17-3-7-32(39)36-19-16-25-21-29-13-14-30(25)33(36)26-5-2-6-28(22-26)40-20-4-18-35-31(38)15-10-24-8-11-27(41-29)12-9-24/h2,5-6,8-9,11-14,21-22,33H,3-4,7,10,15-20H2,1H3,(H,34,37)(H,35,38). The summed E-state index contributed by atoms with van der Waals surface area (Å²) in [5, 5.41) is 5.75. The number of rotatable bonds is 4. The number of hydrogen-bond donors (Lipinski definition) is 2. The minimum absolute atomic E-state index is 0.0219. The summed E-state index contributed by atoms with van der Waals surface area (Å²) < 4.78 is 12.2. The summed E-state index contributed by atoms with van der Waals surface area (Å²) >= 11 is 0. The maximum atomic E-state index is 13.5. The van der Waals surface area contributed by atoms with E-state index < -0.39 is 0 Å². The van der Waals surface area contributed by atoms with E-state index in [-0.39, 0.29) is 23.8 Å². The van der Waals surface area contributed by atoms with E-state index in [1.807, 2.05) is 59.5 Å². The number of nitrogens with one attached hydrogen (secondary N) is 2. The zero-order valence-electron chi connectivity index (χ0n) is 23.5. The summed E-state index contributed by atoms with van der Waals surface area (Å²) in [5.41, 5.74) is 4.27. The first-order valence-electron chi connectivity index (χ1n) is 14.4. The van der Waals surface area contributed by atoms with Gasteiger partial charge in [0.15, 0.2) is 0 Å². The van der Waals surface area contributed by atoms with Gasteiger partial charge in [-0.05, 0) is 84.3 Å². The molecule has 3 aromatic rings. The van der Waals surface area contributed by atoms with Gasteiger partial charge in [0.25, 0.3) is 0 Å². The van der Waals surface area contributed by atoms with Crippen molar-refractivity contribution < 1.29 is 23.9 Å². The molecule has 8 bridgehead atoms. The Balaban J connectivity index is 1.45. The molecule has 0 aliphatic carbocycles. The van der Waals surface area contributed by atoms with E-state index >= 15 is 0 Å². The molecule has 0 fully saturated rings. The van der Waals surface area contributed by atoms with Gasteiger partial charge < -0.3 is 25.0 Å². The second kappa shape index (κ2) is 13.4. The molecule has 8 nitrogen and oxygen atoms in total. The Morgan fingerprint density at radius 2 is 1.80 bits per heavy atom. The van der Waals surface area contributed by atoms with Crippen LogP contribution in [0.1, 0.15) is 60.9 Å². The molecule has 1 unspecified atom stereocenters. The highest BCUT2D eigenvalue weighted by molar-refractivity contribution is 5.78. The first kappa shape index (κ1) is 28.2. The minimum Gasteiger partial charge on any atom is -0.494 e. The highest BCUT2D eigenvalue weighted by Crippen LogP contribution is 2.39. The number of carbonyl (C=O) groups is 3. The maximum absolute atomic E-state index is 13.5. The van der Waals surface area contributed by atoms with Crippen molar-refractivity contribution in [2.75, 3.05) is 26.2 Å². The van der Waals surface area contributed by atoms with E-state index in [4.69, 9.17) is 9.47 Å². The lowest BCUT2D eigenvalue weighted by molar-refractivity contribution is -0.133. The fourth-order valence-electron chi connectivity index (χ4n) is 5.41. The van der Waals surface area contributed by atoms with Crippen LogP contribution in [0.25, 0.3) is 0 Å². The van der Waals surface area contributed by atoms with Crippen molar-refractivity contribution in [2.45, 2.75) is 51.5 Å². The molecule has 3 aromatic carbocycles. The Hall–Kier alpha value is -4.33. The first-order valence-corrected chi connectivity index (χ1v) is 14.4. The molecule has 8 heteroatoms. The van der Waals surface area contributed by atoms with Crippen LogP contribution in [0.4, 0.5) is 0 Å². The molecule has 1 atom stereocenters. The summed E-state index contributed by atoms with van der Waals surface area (Å²) in [6.45, 7) is 3.55. The molecule has 5 aliphatic heterocycles. The smallest absolute Gasteiger partial charge is 0.223 e. The molecule has 8 rings (SSSR count). The van der Waals surface area contributed by atoms with Crippen LogP contribution in [0.15, 0.2) is 66.7 Å². The molecule has 2 N–H and O–H groups in total. The number of carbonyl (C=O) groups excluding carboxylic acids is 3. The zero-order valence-corrected chi connectivity index (χ0v) is 23.5. The van der Waals surface area contributed by atoms with Crippen molar-refractivity contribution in [1.82, 2.24) is 15.5 Å². The summed E-state index contributed by atoms with van der Waals surface area (Å²) in [6, 6.07) is 21.6. The highest BCUT2D eigenvalue weighted by Gasteiger charge is 2.32. The molecule has 0 spiro atoms. The number of amides is 3. The van der Waals surface area contributed by atoms with Gasteiger partial charge in [-0.25, -0.2) is 0 Å². The first-order chi connectivity index (χ1) is 20.0. The highest BCUT2D eigenvalue weighted by atomic mass is 16.5. The minimum atomic E-state index is -0.266. The molecule has 0 aromatic heterocycles. The Bertz CT molecular complexity index is 1390. The Labute approximate surface area is 241 Å². The van der Waals surface area contributed by atoms with Crippen molar-refractivity contribution in [3.05, 3.63) is 89.0 Å². The van der Waals surface area contributed by atoms with Crippen LogP contribution in [0.2, 0.25) is 0 Å². The SMILES string of the molecule is CC(=O)NCCCC(=O)N1CCc2cc3ccc2C1c1cccc(c1)OCCCNC(=O)CCc1ccc(cc1)O3. The summed E-state index contributed by atoms with van der Waals surface area (Å²) in [5.74, 6) is 2.19. The van der Waals surface area contributed by atoms with Crippen LogP contribution < -0.4 is 20.1 Å². The predicted molar refractivity (Wildman–Crippen MR) is 156 cm³/mol. The van der Waals surface area contributed by atoms with E-state index in [0.29, 0.717) is 58.3 Å². The average molecular weight is 556 g/mol. The number of benzene rings is 3. The van der Waals surface area contributed by atoms with Crippen LogP contribution in [0.3, 0.4) is 0 Å². The monoisotopic (exact) mass is 555 g/mol. The number of aryl methyl sites for hydroxylation is 1. The van der Waals surface area contributed by atoms with Gasteiger partial charge in [-0.2, -0.15) is 0 Å². The molecule has 0 saturated carbocycles. The van der Waals surface area contributed by atoms with Crippen molar-refractivity contribution in [3.8, 4) is 17.2 Å². The molecular formula is C33H37N3O5. The fraction of sp³-hybridized carbons (Fsp3) is 0.364. The van der Waals surface area contributed by atoms with Crippen molar-refractivity contribution in [2.24, 2.45) is 0 Å². The molecule has 5 aliphatic rings. The third-order valence-corrected chi connectivity index (χ3v) is 7.49. The predicted octanol–water partition coefficient (Wildman–Crippen LogP) is 4.70. The largest absolute Gasteiger partial charge is 0.494 e. The van der Waals surface area contributed by atoms with Gasteiger partial charge in [0.2, 0.25) is 17.7 Å².